The molecule has 0 heterocycles. The highest BCUT2D eigenvalue weighted by Gasteiger charge is 2.22. The lowest BCUT2D eigenvalue weighted by molar-refractivity contribution is -0.124. The van der Waals surface area contributed by atoms with Crippen molar-refractivity contribution < 1.29 is 9.90 Å². The molecule has 0 aromatic carbocycles. The van der Waals surface area contributed by atoms with Crippen molar-refractivity contribution in [2.75, 3.05) is 6.61 Å². The lowest BCUT2D eigenvalue weighted by Crippen LogP contribution is -2.50. The maximum Gasteiger partial charge on any atom is 0.239 e. The van der Waals surface area contributed by atoms with Crippen molar-refractivity contribution in [2.24, 2.45) is 17.6 Å². The van der Waals surface area contributed by atoms with Gasteiger partial charge in [-0.3, -0.25) is 4.79 Å². The fraction of sp³-hybridized carbons (Fsp3) is 0.900. The molecule has 0 aliphatic heterocycles. The van der Waals surface area contributed by atoms with Crippen molar-refractivity contribution in [3.63, 3.8) is 0 Å². The zero-order valence-corrected chi connectivity index (χ0v) is 9.45. The zero-order valence-electron chi connectivity index (χ0n) is 9.45. The van der Waals surface area contributed by atoms with E-state index in [1.54, 1.807) is 0 Å². The van der Waals surface area contributed by atoms with Gasteiger partial charge in [0, 0.05) is 6.04 Å². The number of hydrogen-bond donors (Lipinski definition) is 3. The van der Waals surface area contributed by atoms with Crippen LogP contribution < -0.4 is 11.1 Å². The van der Waals surface area contributed by atoms with Crippen molar-refractivity contribution >= 4 is 5.91 Å². The normalized spacial score (nSPS) is 13.8. The Bertz CT molecular complexity index is 173. The predicted molar refractivity (Wildman–Crippen MR) is 56.7 cm³/mol. The van der Waals surface area contributed by atoms with Crippen LogP contribution >= 0.6 is 0 Å². The first-order chi connectivity index (χ1) is 6.40. The Labute approximate surface area is 85.9 Å². The van der Waals surface area contributed by atoms with Crippen LogP contribution in [0.1, 0.15) is 27.7 Å². The molecule has 0 saturated carbocycles. The third-order valence-corrected chi connectivity index (χ3v) is 2.28. The fourth-order valence-corrected chi connectivity index (χ4v) is 1.46. The second-order valence-electron chi connectivity index (χ2n) is 4.31. The summed E-state index contributed by atoms with van der Waals surface area (Å²) in [5, 5.41) is 11.6. The molecule has 14 heavy (non-hydrogen) atoms. The fourth-order valence-electron chi connectivity index (χ4n) is 1.46. The minimum absolute atomic E-state index is 0.111. The van der Waals surface area contributed by atoms with E-state index in [2.05, 4.69) is 33.0 Å². The lowest BCUT2D eigenvalue weighted by Gasteiger charge is -2.27. The van der Waals surface area contributed by atoms with E-state index in [-0.39, 0.29) is 18.6 Å². The quantitative estimate of drug-likeness (QED) is 0.592. The monoisotopic (exact) mass is 202 g/mol. The first-order valence-corrected chi connectivity index (χ1v) is 5.07. The van der Waals surface area contributed by atoms with Crippen LogP contribution in [0.2, 0.25) is 0 Å². The second kappa shape index (κ2) is 5.98. The largest absolute Gasteiger partial charge is 0.394 e. The van der Waals surface area contributed by atoms with Crippen LogP contribution in [0.25, 0.3) is 0 Å². The van der Waals surface area contributed by atoms with Crippen LogP contribution in [0, 0.1) is 11.8 Å². The number of carbonyl (C=O) groups is 1. The Morgan fingerprint density at radius 3 is 2.00 bits per heavy atom. The topological polar surface area (TPSA) is 75.4 Å². The highest BCUT2D eigenvalue weighted by atomic mass is 16.3. The maximum absolute atomic E-state index is 11.4. The minimum atomic E-state index is -0.810. The molecule has 0 saturated heterocycles. The van der Waals surface area contributed by atoms with E-state index in [0.29, 0.717) is 11.8 Å². The smallest absolute Gasteiger partial charge is 0.239 e. The molecule has 0 aromatic heterocycles. The van der Waals surface area contributed by atoms with Gasteiger partial charge in [-0.2, -0.15) is 0 Å². The van der Waals surface area contributed by atoms with Gasteiger partial charge in [0.05, 0.1) is 6.61 Å². The number of aliphatic hydroxyl groups is 1. The van der Waals surface area contributed by atoms with E-state index in [0.717, 1.165) is 0 Å². The molecule has 0 spiro atoms. The summed E-state index contributed by atoms with van der Waals surface area (Å²) < 4.78 is 0. The van der Waals surface area contributed by atoms with E-state index in [1.165, 1.54) is 0 Å². The van der Waals surface area contributed by atoms with Crippen LogP contribution in [0.4, 0.5) is 0 Å². The third-order valence-electron chi connectivity index (χ3n) is 2.28. The number of nitrogens with two attached hydrogens (primary N) is 1. The van der Waals surface area contributed by atoms with Crippen molar-refractivity contribution in [1.82, 2.24) is 5.32 Å². The molecule has 4 N–H and O–H groups in total. The second-order valence-corrected chi connectivity index (χ2v) is 4.31. The standard InChI is InChI=1S/C10H22N2O2/c1-6(2)9(7(3)4)12-10(14)8(11)5-13/h6-9,13H,5,11H2,1-4H3,(H,12,14)/t8-/m1/s1. The van der Waals surface area contributed by atoms with Gasteiger partial charge in [0.2, 0.25) is 5.91 Å². The summed E-state index contributed by atoms with van der Waals surface area (Å²) in [6.07, 6.45) is 0. The summed E-state index contributed by atoms with van der Waals surface area (Å²) in [5.41, 5.74) is 5.40. The molecule has 0 bridgehead atoms. The SMILES string of the molecule is CC(C)C(NC(=O)[C@H](N)CO)C(C)C. The Balaban J connectivity index is 4.24. The van der Waals surface area contributed by atoms with Gasteiger partial charge in [-0.15, -0.1) is 0 Å². The zero-order chi connectivity index (χ0) is 11.3. The van der Waals surface area contributed by atoms with Crippen LogP contribution in [-0.4, -0.2) is 29.7 Å². The molecule has 0 aliphatic carbocycles. The molecular formula is C10H22N2O2. The maximum atomic E-state index is 11.4. The van der Waals surface area contributed by atoms with Gasteiger partial charge in [0.15, 0.2) is 0 Å². The van der Waals surface area contributed by atoms with E-state index in [9.17, 15) is 4.79 Å². The Hall–Kier alpha value is -0.610. The Morgan fingerprint density at radius 2 is 1.71 bits per heavy atom. The number of aliphatic hydroxyl groups excluding tert-OH is 1. The molecule has 0 rings (SSSR count). The lowest BCUT2D eigenvalue weighted by atomic mass is 9.93. The number of nitrogens with one attached hydrogen (secondary N) is 1. The third kappa shape index (κ3) is 4.07. The molecule has 0 aromatic rings. The molecule has 4 heteroatoms. The minimum Gasteiger partial charge on any atom is -0.394 e. The van der Waals surface area contributed by atoms with Gasteiger partial charge in [0.1, 0.15) is 6.04 Å². The molecule has 1 amide bonds. The number of rotatable bonds is 5. The first-order valence-electron chi connectivity index (χ1n) is 5.07. The summed E-state index contributed by atoms with van der Waals surface area (Å²) in [6.45, 7) is 7.89. The summed E-state index contributed by atoms with van der Waals surface area (Å²) in [4.78, 5) is 11.4. The molecule has 0 fully saturated rings. The molecule has 1 atom stereocenters. The van der Waals surface area contributed by atoms with Gasteiger partial charge >= 0.3 is 0 Å². The molecule has 84 valence electrons. The molecule has 4 nitrogen and oxygen atoms in total. The highest BCUT2D eigenvalue weighted by molar-refractivity contribution is 5.81. The van der Waals surface area contributed by atoms with Gasteiger partial charge in [-0.25, -0.2) is 0 Å². The van der Waals surface area contributed by atoms with E-state index >= 15 is 0 Å². The van der Waals surface area contributed by atoms with Crippen molar-refractivity contribution in [3.8, 4) is 0 Å². The molecule has 0 unspecified atom stereocenters. The van der Waals surface area contributed by atoms with Gasteiger partial charge in [-0.1, -0.05) is 27.7 Å². The average molecular weight is 202 g/mol. The molecular weight excluding hydrogens is 180 g/mol. The van der Waals surface area contributed by atoms with Crippen molar-refractivity contribution in [1.29, 1.82) is 0 Å². The summed E-state index contributed by atoms with van der Waals surface area (Å²) in [5.74, 6) is 0.453. The van der Waals surface area contributed by atoms with Gasteiger partial charge in [-0.05, 0) is 11.8 Å². The van der Waals surface area contributed by atoms with Crippen LogP contribution in [0.15, 0.2) is 0 Å². The summed E-state index contributed by atoms with van der Waals surface area (Å²) in [7, 11) is 0. The van der Waals surface area contributed by atoms with Gasteiger partial charge < -0.3 is 16.2 Å². The van der Waals surface area contributed by atoms with Crippen LogP contribution in [-0.2, 0) is 4.79 Å². The number of carbonyl (C=O) groups excluding carboxylic acids is 1. The van der Waals surface area contributed by atoms with Gasteiger partial charge in [0.25, 0.3) is 0 Å². The highest BCUT2D eigenvalue weighted by Crippen LogP contribution is 2.11. The molecule has 0 radical (unpaired) electrons. The Kier molecular flexibility index (Phi) is 5.72. The number of amides is 1. The van der Waals surface area contributed by atoms with E-state index < -0.39 is 6.04 Å². The predicted octanol–water partition coefficient (Wildman–Crippen LogP) is 0.103. The van der Waals surface area contributed by atoms with Crippen LogP contribution in [0.5, 0.6) is 0 Å². The summed E-state index contributed by atoms with van der Waals surface area (Å²) >= 11 is 0. The van der Waals surface area contributed by atoms with E-state index in [1.807, 2.05) is 0 Å². The number of hydrogen-bond acceptors (Lipinski definition) is 3. The van der Waals surface area contributed by atoms with Crippen molar-refractivity contribution in [3.05, 3.63) is 0 Å². The van der Waals surface area contributed by atoms with E-state index in [4.69, 9.17) is 10.8 Å². The Morgan fingerprint density at radius 1 is 1.29 bits per heavy atom. The van der Waals surface area contributed by atoms with Crippen LogP contribution in [0.3, 0.4) is 0 Å². The average Bonchev–Trinajstić information content (AvgIpc) is 2.11. The summed E-state index contributed by atoms with van der Waals surface area (Å²) in [6, 6.07) is -0.699. The first kappa shape index (κ1) is 13.4. The molecule has 0 aliphatic rings. The van der Waals surface area contributed by atoms with Crippen molar-refractivity contribution in [2.45, 2.75) is 39.8 Å².